The van der Waals surface area contributed by atoms with E-state index in [1.165, 1.54) is 39.1 Å². The first-order chi connectivity index (χ1) is 18.6. The summed E-state index contributed by atoms with van der Waals surface area (Å²) in [5, 5.41) is 11.8. The number of dihydropyridines is 1. The van der Waals surface area contributed by atoms with E-state index in [0.29, 0.717) is 0 Å². The molecular formula is C33H33N5. The number of likely N-dealkylation sites (N-methyl/N-ethyl adjacent to an activating group) is 1. The molecule has 0 aliphatic carbocycles. The molecule has 0 bridgehead atoms. The van der Waals surface area contributed by atoms with Gasteiger partial charge in [-0.05, 0) is 71.3 Å². The molecular weight excluding hydrogens is 466 g/mol. The molecule has 0 saturated heterocycles. The lowest BCUT2D eigenvalue weighted by molar-refractivity contribution is 0.459. The Labute approximate surface area is 224 Å². The molecule has 3 heterocycles. The van der Waals surface area contributed by atoms with Crippen molar-refractivity contribution >= 4 is 11.3 Å². The summed E-state index contributed by atoms with van der Waals surface area (Å²) in [6, 6.07) is 30.6. The molecule has 2 N–H and O–H groups in total. The Morgan fingerprint density at radius 3 is 2.47 bits per heavy atom. The molecule has 6 rings (SSSR count). The van der Waals surface area contributed by atoms with Crippen LogP contribution in [0.15, 0.2) is 121 Å². The quantitative estimate of drug-likeness (QED) is 0.330. The maximum Gasteiger partial charge on any atom is 0.0695 e. The van der Waals surface area contributed by atoms with Crippen molar-refractivity contribution in [3.8, 4) is 5.69 Å². The zero-order chi connectivity index (χ0) is 25.9. The van der Waals surface area contributed by atoms with Crippen LogP contribution in [0.2, 0.25) is 0 Å². The fourth-order valence-electron chi connectivity index (χ4n) is 5.16. The second-order valence-electron chi connectivity index (χ2n) is 10.1. The molecule has 0 radical (unpaired) electrons. The van der Waals surface area contributed by atoms with E-state index in [0.717, 1.165) is 18.8 Å². The zero-order valence-electron chi connectivity index (χ0n) is 21.9. The van der Waals surface area contributed by atoms with Crippen LogP contribution in [0, 0.1) is 0 Å². The summed E-state index contributed by atoms with van der Waals surface area (Å²) in [6.07, 6.45) is 10.5. The summed E-state index contributed by atoms with van der Waals surface area (Å²) in [5.74, 6) is 0. The van der Waals surface area contributed by atoms with Gasteiger partial charge in [0.1, 0.15) is 0 Å². The first-order valence-electron chi connectivity index (χ1n) is 13.2. The van der Waals surface area contributed by atoms with Gasteiger partial charge in [-0.25, -0.2) is 4.68 Å². The molecule has 1 aromatic heterocycles. The second kappa shape index (κ2) is 10.6. The van der Waals surface area contributed by atoms with Crippen LogP contribution in [0.25, 0.3) is 17.0 Å². The van der Waals surface area contributed by atoms with E-state index in [1.54, 1.807) is 6.20 Å². The van der Waals surface area contributed by atoms with Gasteiger partial charge in [0.2, 0.25) is 0 Å². The van der Waals surface area contributed by atoms with Crippen molar-refractivity contribution in [3.63, 3.8) is 0 Å². The van der Waals surface area contributed by atoms with Crippen LogP contribution in [-0.2, 0) is 6.54 Å². The second-order valence-corrected chi connectivity index (χ2v) is 10.1. The van der Waals surface area contributed by atoms with Crippen molar-refractivity contribution in [1.29, 1.82) is 0 Å². The van der Waals surface area contributed by atoms with Crippen LogP contribution in [0.5, 0.6) is 0 Å². The third-order valence-corrected chi connectivity index (χ3v) is 7.37. The van der Waals surface area contributed by atoms with Gasteiger partial charge in [-0.3, -0.25) is 0 Å². The Kier molecular flexibility index (Phi) is 6.67. The number of allylic oxidation sites excluding steroid dienone is 2. The van der Waals surface area contributed by atoms with Crippen molar-refractivity contribution in [2.24, 2.45) is 0 Å². The molecule has 2 unspecified atom stereocenters. The minimum absolute atomic E-state index is 0.232. The number of fused-ring (bicyclic) bond motifs is 1. The fourth-order valence-corrected chi connectivity index (χ4v) is 5.16. The monoisotopic (exact) mass is 499 g/mol. The number of hydrogen-bond acceptors (Lipinski definition) is 4. The van der Waals surface area contributed by atoms with Crippen molar-refractivity contribution in [3.05, 3.63) is 144 Å². The van der Waals surface area contributed by atoms with Crippen molar-refractivity contribution in [2.75, 3.05) is 13.6 Å². The number of hydrogen-bond donors (Lipinski definition) is 2. The lowest BCUT2D eigenvalue weighted by Gasteiger charge is -2.34. The van der Waals surface area contributed by atoms with Gasteiger partial charge in [0.05, 0.1) is 17.4 Å². The Hall–Kier alpha value is -4.35. The van der Waals surface area contributed by atoms with Gasteiger partial charge in [0.15, 0.2) is 0 Å². The van der Waals surface area contributed by atoms with Crippen molar-refractivity contribution < 1.29 is 0 Å². The Bertz CT molecular complexity index is 1460. The van der Waals surface area contributed by atoms with Crippen LogP contribution in [0.4, 0.5) is 0 Å². The van der Waals surface area contributed by atoms with E-state index in [2.05, 4.69) is 132 Å². The fraction of sp³-hybridized carbons (Fsp3) is 0.182. The van der Waals surface area contributed by atoms with Gasteiger partial charge in [0.25, 0.3) is 0 Å². The minimum Gasteiger partial charge on any atom is -0.377 e. The van der Waals surface area contributed by atoms with Crippen LogP contribution in [0.3, 0.4) is 0 Å². The third-order valence-electron chi connectivity index (χ3n) is 7.37. The maximum atomic E-state index is 4.31. The number of nitrogens with zero attached hydrogens (tertiary/aromatic N) is 3. The van der Waals surface area contributed by atoms with E-state index >= 15 is 0 Å². The molecule has 2 atom stereocenters. The highest BCUT2D eigenvalue weighted by Crippen LogP contribution is 2.33. The van der Waals surface area contributed by atoms with E-state index in [-0.39, 0.29) is 12.1 Å². The van der Waals surface area contributed by atoms with Crippen LogP contribution < -0.4 is 10.6 Å². The molecule has 0 saturated carbocycles. The number of nitrogens with one attached hydrogen (secondary N) is 2. The molecule has 2 aliphatic rings. The number of benzene rings is 3. The summed E-state index contributed by atoms with van der Waals surface area (Å²) in [5.41, 5.74) is 9.86. The molecule has 38 heavy (non-hydrogen) atoms. The smallest absolute Gasteiger partial charge is 0.0695 e. The molecule has 4 aromatic rings. The van der Waals surface area contributed by atoms with E-state index in [4.69, 9.17) is 0 Å². The zero-order valence-corrected chi connectivity index (χ0v) is 21.9. The SMILES string of the molecule is CC(NCc1ccc(C2=C(c3ccccc3)C=C3CN(C)C=CC3N2)cc1)c1ccc(-n2cccn2)cc1. The molecule has 3 aromatic carbocycles. The van der Waals surface area contributed by atoms with Gasteiger partial charge in [-0.15, -0.1) is 0 Å². The summed E-state index contributed by atoms with van der Waals surface area (Å²) in [4.78, 5) is 2.23. The first-order valence-corrected chi connectivity index (χ1v) is 13.2. The summed E-state index contributed by atoms with van der Waals surface area (Å²) < 4.78 is 1.88. The molecule has 2 aliphatic heterocycles. The highest BCUT2D eigenvalue weighted by atomic mass is 15.3. The number of rotatable bonds is 7. The van der Waals surface area contributed by atoms with Crippen LogP contribution in [-0.4, -0.2) is 34.3 Å². The summed E-state index contributed by atoms with van der Waals surface area (Å²) >= 11 is 0. The average Bonchev–Trinajstić information content (AvgIpc) is 3.51. The first kappa shape index (κ1) is 24.0. The minimum atomic E-state index is 0.232. The Balaban J connectivity index is 1.18. The van der Waals surface area contributed by atoms with Crippen LogP contribution >= 0.6 is 0 Å². The molecule has 5 nitrogen and oxygen atoms in total. The molecule has 190 valence electrons. The molecule has 0 amide bonds. The van der Waals surface area contributed by atoms with E-state index in [1.807, 2.05) is 16.9 Å². The summed E-state index contributed by atoms with van der Waals surface area (Å²) in [6.45, 7) is 3.95. The van der Waals surface area contributed by atoms with E-state index in [9.17, 15) is 0 Å². The number of aromatic nitrogens is 2. The molecule has 0 fully saturated rings. The normalized spacial score (nSPS) is 17.6. The molecule has 0 spiro atoms. The topological polar surface area (TPSA) is 45.1 Å². The summed E-state index contributed by atoms with van der Waals surface area (Å²) in [7, 11) is 2.12. The highest BCUT2D eigenvalue weighted by molar-refractivity contribution is 5.96. The third kappa shape index (κ3) is 5.06. The Morgan fingerprint density at radius 2 is 1.74 bits per heavy atom. The van der Waals surface area contributed by atoms with Crippen molar-refractivity contribution in [2.45, 2.75) is 25.6 Å². The maximum absolute atomic E-state index is 4.31. The Morgan fingerprint density at radius 1 is 0.947 bits per heavy atom. The van der Waals surface area contributed by atoms with Gasteiger partial charge in [-0.1, -0.05) is 66.7 Å². The average molecular weight is 500 g/mol. The predicted molar refractivity (Wildman–Crippen MR) is 155 cm³/mol. The lowest BCUT2D eigenvalue weighted by Crippen LogP contribution is -2.38. The molecule has 5 heteroatoms. The largest absolute Gasteiger partial charge is 0.377 e. The lowest BCUT2D eigenvalue weighted by atomic mass is 9.89. The van der Waals surface area contributed by atoms with Crippen molar-refractivity contribution in [1.82, 2.24) is 25.3 Å². The van der Waals surface area contributed by atoms with Crippen LogP contribution in [0.1, 0.15) is 35.2 Å². The van der Waals surface area contributed by atoms with Gasteiger partial charge in [-0.2, -0.15) is 5.10 Å². The predicted octanol–water partition coefficient (Wildman–Crippen LogP) is 5.95. The van der Waals surface area contributed by atoms with Gasteiger partial charge in [0, 0.05) is 44.1 Å². The van der Waals surface area contributed by atoms with E-state index < -0.39 is 0 Å². The highest BCUT2D eigenvalue weighted by Gasteiger charge is 2.25. The van der Waals surface area contributed by atoms with Gasteiger partial charge >= 0.3 is 0 Å². The van der Waals surface area contributed by atoms with Gasteiger partial charge < -0.3 is 15.5 Å². The standard InChI is InChI=1S/C33H33N5/c1-24(26-13-15-30(16-14-26)38-19-6-18-35-38)34-22-25-9-11-28(12-10-25)33-31(27-7-4-3-5-8-27)21-29-23-37(2)20-17-32(29)36-33/h3-21,24,32,34,36H,22-23H2,1-2H3.